The zero-order valence-corrected chi connectivity index (χ0v) is 30.0. The molecule has 13 nitrogen and oxygen atoms in total. The molecule has 3 aromatic rings. The molecule has 0 spiro atoms. The number of nitrogens with zero attached hydrogens (tertiary/aromatic N) is 2. The highest BCUT2D eigenvalue weighted by Gasteiger charge is 2.30. The van der Waals surface area contributed by atoms with Crippen molar-refractivity contribution in [1.29, 1.82) is 0 Å². The molecule has 0 radical (unpaired) electrons. The van der Waals surface area contributed by atoms with Crippen molar-refractivity contribution >= 4 is 39.3 Å². The summed E-state index contributed by atoms with van der Waals surface area (Å²) >= 11 is 1.23. The summed E-state index contributed by atoms with van der Waals surface area (Å²) in [7, 11) is -2.53. The van der Waals surface area contributed by atoms with Gasteiger partial charge in [-0.15, -0.1) is 11.3 Å². The predicted molar refractivity (Wildman–Crippen MR) is 186 cm³/mol. The summed E-state index contributed by atoms with van der Waals surface area (Å²) in [5.74, 6) is -0.242. The number of carbonyl (C=O) groups excluding carboxylic acids is 2. The standard InChI is InChI=1S/C33H46N6O7S2/c1-20-18-26(45-7)21(2)22(3)28(20)48(43,44)39-31(34)36-15-11-14-24(27(40)30-35-16-17-47-30)37-29(41)25(19-23-12-9-8-10-13-23)38-32(42)46-33(4,5)6/h8-10,12-13,16-18,24-25,27,40H,11,14-15,19H2,1-7H3,(H,37,41)(H,38,42)(H3,34,36,39)/t24-,25-,27?/m0/s1. The van der Waals surface area contributed by atoms with E-state index in [0.717, 1.165) is 5.56 Å². The molecule has 2 amide bonds. The Morgan fingerprint density at radius 1 is 1.10 bits per heavy atom. The Morgan fingerprint density at radius 3 is 2.40 bits per heavy atom. The minimum absolute atomic E-state index is 0.0918. The number of nitrogens with two attached hydrogens (primary N) is 1. The lowest BCUT2D eigenvalue weighted by atomic mass is 10.0. The first-order valence-corrected chi connectivity index (χ1v) is 17.8. The number of aliphatic imine (C=N–C) groups is 1. The first-order valence-electron chi connectivity index (χ1n) is 15.4. The van der Waals surface area contributed by atoms with Crippen LogP contribution in [0.1, 0.15) is 67.0 Å². The lowest BCUT2D eigenvalue weighted by Gasteiger charge is -2.27. The van der Waals surface area contributed by atoms with E-state index in [4.69, 9.17) is 15.2 Å². The highest BCUT2D eigenvalue weighted by Crippen LogP contribution is 2.30. The molecule has 1 heterocycles. The maximum Gasteiger partial charge on any atom is 0.408 e. The molecule has 0 aliphatic heterocycles. The normalized spacial score (nSPS) is 14.0. The summed E-state index contributed by atoms with van der Waals surface area (Å²) in [4.78, 5) is 34.8. The van der Waals surface area contributed by atoms with Gasteiger partial charge in [-0.3, -0.25) is 9.79 Å². The molecule has 48 heavy (non-hydrogen) atoms. The Balaban J connectivity index is 1.74. The SMILES string of the molecule is COc1cc(C)c(S(=O)(=O)NC(N)=NCCC[C@H](NC(=O)[C@H](Cc2ccccc2)NC(=O)OC(C)(C)C)C(O)c2nccs2)c(C)c1C. The first kappa shape index (κ1) is 38.2. The van der Waals surface area contributed by atoms with E-state index in [2.05, 4.69) is 25.3 Å². The second-order valence-corrected chi connectivity index (χ2v) is 14.9. The largest absolute Gasteiger partial charge is 0.496 e. The van der Waals surface area contributed by atoms with E-state index in [1.807, 2.05) is 30.3 Å². The number of aliphatic hydroxyl groups excluding tert-OH is 1. The van der Waals surface area contributed by atoms with Crippen molar-refractivity contribution < 1.29 is 32.6 Å². The predicted octanol–water partition coefficient (Wildman–Crippen LogP) is 3.80. The second kappa shape index (κ2) is 16.8. The van der Waals surface area contributed by atoms with Crippen LogP contribution >= 0.6 is 11.3 Å². The lowest BCUT2D eigenvalue weighted by Crippen LogP contribution is -2.52. The van der Waals surface area contributed by atoms with Crippen LogP contribution in [-0.2, 0) is 26.0 Å². The van der Waals surface area contributed by atoms with Gasteiger partial charge < -0.3 is 30.9 Å². The number of alkyl carbamates (subject to hydrolysis) is 1. The van der Waals surface area contributed by atoms with Crippen molar-refractivity contribution in [2.75, 3.05) is 13.7 Å². The van der Waals surface area contributed by atoms with Crippen molar-refractivity contribution in [2.45, 2.75) is 89.5 Å². The van der Waals surface area contributed by atoms with Gasteiger partial charge in [0.15, 0.2) is 0 Å². The van der Waals surface area contributed by atoms with Crippen LogP contribution in [0, 0.1) is 20.8 Å². The summed E-state index contributed by atoms with van der Waals surface area (Å²) in [6, 6.07) is 9.02. The fourth-order valence-corrected chi connectivity index (χ4v) is 7.20. The number of methoxy groups -OCH3 is 1. The minimum atomic E-state index is -4.05. The summed E-state index contributed by atoms with van der Waals surface area (Å²) in [6.45, 7) is 10.4. The number of aliphatic hydroxyl groups is 1. The highest BCUT2D eigenvalue weighted by molar-refractivity contribution is 7.90. The van der Waals surface area contributed by atoms with Crippen LogP contribution in [0.2, 0.25) is 0 Å². The van der Waals surface area contributed by atoms with E-state index in [0.29, 0.717) is 33.9 Å². The number of guanidine groups is 1. The quantitative estimate of drug-likeness (QED) is 0.0944. The number of carbonyl (C=O) groups is 2. The molecular formula is C33H46N6O7S2. The third-order valence-corrected chi connectivity index (χ3v) is 9.85. The number of amides is 2. The summed E-state index contributed by atoms with van der Waals surface area (Å²) in [6.07, 6.45) is 0.374. The van der Waals surface area contributed by atoms with Crippen molar-refractivity contribution in [1.82, 2.24) is 20.3 Å². The number of hydrogen-bond donors (Lipinski definition) is 5. The van der Waals surface area contributed by atoms with Crippen LogP contribution in [0.5, 0.6) is 5.75 Å². The van der Waals surface area contributed by atoms with Gasteiger partial charge in [0.2, 0.25) is 11.9 Å². The molecule has 262 valence electrons. The number of rotatable bonds is 14. The van der Waals surface area contributed by atoms with Gasteiger partial charge in [0.25, 0.3) is 10.0 Å². The van der Waals surface area contributed by atoms with Crippen molar-refractivity contribution in [2.24, 2.45) is 10.7 Å². The van der Waals surface area contributed by atoms with Gasteiger partial charge in [-0.05, 0) is 82.7 Å². The van der Waals surface area contributed by atoms with E-state index < -0.39 is 45.8 Å². The van der Waals surface area contributed by atoms with Crippen LogP contribution in [-0.4, -0.2) is 67.8 Å². The number of benzene rings is 2. The molecule has 0 aliphatic carbocycles. The molecule has 0 saturated heterocycles. The summed E-state index contributed by atoms with van der Waals surface area (Å²) in [5.41, 5.74) is 7.75. The van der Waals surface area contributed by atoms with Gasteiger partial charge in [0.05, 0.1) is 18.0 Å². The molecular weight excluding hydrogens is 657 g/mol. The van der Waals surface area contributed by atoms with Gasteiger partial charge >= 0.3 is 6.09 Å². The average Bonchev–Trinajstić information content (AvgIpc) is 3.54. The van der Waals surface area contributed by atoms with Crippen LogP contribution < -0.4 is 25.8 Å². The van der Waals surface area contributed by atoms with Gasteiger partial charge in [-0.2, -0.15) is 0 Å². The van der Waals surface area contributed by atoms with Crippen LogP contribution in [0.15, 0.2) is 57.9 Å². The minimum Gasteiger partial charge on any atom is -0.496 e. The number of aromatic nitrogens is 1. The maximum absolute atomic E-state index is 13.6. The molecule has 0 fully saturated rings. The highest BCUT2D eigenvalue weighted by atomic mass is 32.2. The van der Waals surface area contributed by atoms with Crippen LogP contribution in [0.25, 0.3) is 0 Å². The summed E-state index contributed by atoms with van der Waals surface area (Å²) < 4.78 is 39.5. The van der Waals surface area contributed by atoms with Gasteiger partial charge in [-0.1, -0.05) is 30.3 Å². The zero-order chi connectivity index (χ0) is 35.6. The molecule has 0 saturated carbocycles. The van der Waals surface area contributed by atoms with E-state index in [1.54, 1.807) is 59.2 Å². The van der Waals surface area contributed by atoms with E-state index >= 15 is 0 Å². The number of hydrogen-bond acceptors (Lipinski definition) is 10. The van der Waals surface area contributed by atoms with Gasteiger partial charge in [-0.25, -0.2) is 22.9 Å². The third kappa shape index (κ3) is 10.9. The number of thiazole rings is 1. The zero-order valence-electron chi connectivity index (χ0n) is 28.4. The molecule has 2 aromatic carbocycles. The molecule has 15 heteroatoms. The first-order chi connectivity index (χ1) is 22.5. The molecule has 3 rings (SSSR count). The monoisotopic (exact) mass is 702 g/mol. The Labute approximate surface area is 286 Å². The van der Waals surface area contributed by atoms with Gasteiger partial charge in [0.1, 0.15) is 28.5 Å². The topological polar surface area (TPSA) is 194 Å². The fraction of sp³-hybridized carbons (Fsp3) is 0.455. The Hall–Kier alpha value is -4.21. The number of nitrogens with one attached hydrogen (secondary N) is 3. The Morgan fingerprint density at radius 2 is 1.79 bits per heavy atom. The smallest absolute Gasteiger partial charge is 0.408 e. The van der Waals surface area contributed by atoms with Crippen molar-refractivity contribution in [3.63, 3.8) is 0 Å². The van der Waals surface area contributed by atoms with Crippen LogP contribution in [0.4, 0.5) is 4.79 Å². The third-order valence-electron chi connectivity index (χ3n) is 7.36. The number of aryl methyl sites for hydroxylation is 1. The van der Waals surface area contributed by atoms with E-state index in [-0.39, 0.29) is 30.2 Å². The maximum atomic E-state index is 13.6. The van der Waals surface area contributed by atoms with Crippen molar-refractivity contribution in [3.8, 4) is 5.75 Å². The fourth-order valence-electron chi connectivity index (χ4n) is 5.03. The summed E-state index contributed by atoms with van der Waals surface area (Å²) in [5, 5.41) is 18.8. The lowest BCUT2D eigenvalue weighted by molar-refractivity contribution is -0.124. The molecule has 6 N–H and O–H groups in total. The average molecular weight is 703 g/mol. The second-order valence-electron chi connectivity index (χ2n) is 12.3. The van der Waals surface area contributed by atoms with Gasteiger partial charge in [0, 0.05) is 24.5 Å². The molecule has 0 aliphatic rings. The van der Waals surface area contributed by atoms with E-state index in [1.165, 1.54) is 18.4 Å². The number of sulfonamides is 1. The van der Waals surface area contributed by atoms with Crippen molar-refractivity contribution in [3.05, 3.63) is 75.2 Å². The van der Waals surface area contributed by atoms with E-state index in [9.17, 15) is 23.1 Å². The molecule has 1 aromatic heterocycles. The molecule has 1 unspecified atom stereocenters. The van der Waals surface area contributed by atoms with Crippen LogP contribution in [0.3, 0.4) is 0 Å². The Kier molecular flexibility index (Phi) is 13.3. The number of ether oxygens (including phenoxy) is 2. The Bertz CT molecular complexity index is 1670. The molecule has 0 bridgehead atoms. The molecule has 3 atom stereocenters.